The quantitative estimate of drug-likeness (QED) is 0.806. The van der Waals surface area contributed by atoms with Crippen LogP contribution in [0.4, 0.5) is 4.79 Å². The Morgan fingerprint density at radius 1 is 1.50 bits per heavy atom. The van der Waals surface area contributed by atoms with Gasteiger partial charge in [0.25, 0.3) is 0 Å². The van der Waals surface area contributed by atoms with Crippen LogP contribution >= 0.6 is 0 Å². The maximum Gasteiger partial charge on any atom is 0.422 e. The summed E-state index contributed by atoms with van der Waals surface area (Å²) in [5.74, 6) is 0. The van der Waals surface area contributed by atoms with Crippen LogP contribution in [0, 0.1) is 0 Å². The molecule has 0 fully saturated rings. The molecule has 0 aromatic carbocycles. The highest BCUT2D eigenvalue weighted by Crippen LogP contribution is 2.06. The second-order valence-corrected chi connectivity index (χ2v) is 5.40. The molecule has 2 N–H and O–H groups in total. The number of nitrogens with one attached hydrogen (secondary N) is 2. The number of hydrazine groups is 1. The predicted octanol–water partition coefficient (Wildman–Crippen LogP) is 1.99. The maximum atomic E-state index is 11.3. The summed E-state index contributed by atoms with van der Waals surface area (Å²) in [6, 6.07) is 0.331. The summed E-state index contributed by atoms with van der Waals surface area (Å²) < 4.78 is 6.95. The molecule has 0 aliphatic carbocycles. The largest absolute Gasteiger partial charge is 0.443 e. The molecule has 102 valence electrons. The molecular formula is C12H22N4O2. The molecular weight excluding hydrogens is 232 g/mol. The fraction of sp³-hybridized carbons (Fsp3) is 0.667. The lowest BCUT2D eigenvalue weighted by molar-refractivity contribution is 0.0497. The number of hydrogen-bond acceptors (Lipinski definition) is 4. The minimum Gasteiger partial charge on any atom is -0.443 e. The summed E-state index contributed by atoms with van der Waals surface area (Å²) in [7, 11) is 0. The summed E-state index contributed by atoms with van der Waals surface area (Å²) >= 11 is 0. The van der Waals surface area contributed by atoms with Crippen LogP contribution in [-0.2, 0) is 11.3 Å². The minimum absolute atomic E-state index is 0.331. The Hall–Kier alpha value is -1.56. The molecule has 0 spiro atoms. The molecule has 0 aliphatic heterocycles. The third-order valence-corrected chi connectivity index (χ3v) is 2.07. The van der Waals surface area contributed by atoms with Crippen molar-refractivity contribution in [2.45, 2.75) is 52.8 Å². The van der Waals surface area contributed by atoms with Gasteiger partial charge in [0.05, 0.1) is 6.20 Å². The highest BCUT2D eigenvalue weighted by atomic mass is 16.6. The molecule has 0 unspecified atom stereocenters. The Morgan fingerprint density at radius 3 is 2.67 bits per heavy atom. The Balaban J connectivity index is 2.31. The second-order valence-electron chi connectivity index (χ2n) is 5.40. The van der Waals surface area contributed by atoms with Crippen LogP contribution in [0.25, 0.3) is 0 Å². The van der Waals surface area contributed by atoms with Gasteiger partial charge in [0.15, 0.2) is 0 Å². The van der Waals surface area contributed by atoms with Gasteiger partial charge in [-0.05, 0) is 34.6 Å². The summed E-state index contributed by atoms with van der Waals surface area (Å²) in [5.41, 5.74) is 5.78. The van der Waals surface area contributed by atoms with Gasteiger partial charge in [0.2, 0.25) is 0 Å². The number of carbonyl (C=O) groups is 1. The van der Waals surface area contributed by atoms with E-state index >= 15 is 0 Å². The zero-order chi connectivity index (χ0) is 13.8. The Kier molecular flexibility index (Phi) is 4.72. The van der Waals surface area contributed by atoms with Crippen molar-refractivity contribution in [2.75, 3.05) is 0 Å². The van der Waals surface area contributed by atoms with E-state index in [2.05, 4.69) is 29.8 Å². The molecule has 1 heterocycles. The normalized spacial score (nSPS) is 11.7. The Labute approximate surface area is 108 Å². The van der Waals surface area contributed by atoms with E-state index in [9.17, 15) is 4.79 Å². The van der Waals surface area contributed by atoms with Gasteiger partial charge in [0.1, 0.15) is 5.60 Å². The second kappa shape index (κ2) is 5.86. The van der Waals surface area contributed by atoms with Crippen molar-refractivity contribution in [1.29, 1.82) is 0 Å². The molecule has 0 radical (unpaired) electrons. The third kappa shape index (κ3) is 5.18. The van der Waals surface area contributed by atoms with Crippen LogP contribution in [0.15, 0.2) is 12.4 Å². The lowest BCUT2D eigenvalue weighted by Crippen LogP contribution is -2.40. The number of carbonyl (C=O) groups excluding carboxylic acids is 1. The standard InChI is InChI=1S/C12H22N4O2/c1-9(2)16-8-10(7-14-16)6-13-15-11(17)18-12(3,4)5/h7-9,13H,6H2,1-5H3,(H,15,17). The predicted molar refractivity (Wildman–Crippen MR) is 68.8 cm³/mol. The first-order valence-electron chi connectivity index (χ1n) is 6.03. The fourth-order valence-corrected chi connectivity index (χ4v) is 1.27. The number of aromatic nitrogens is 2. The number of nitrogens with zero attached hydrogens (tertiary/aromatic N) is 2. The topological polar surface area (TPSA) is 68.2 Å². The van der Waals surface area contributed by atoms with Crippen LogP contribution in [0.2, 0.25) is 0 Å². The average Bonchev–Trinajstić information content (AvgIpc) is 2.63. The number of hydrogen-bond donors (Lipinski definition) is 2. The van der Waals surface area contributed by atoms with Crippen molar-refractivity contribution in [3.63, 3.8) is 0 Å². The Bertz CT molecular complexity index is 393. The maximum absolute atomic E-state index is 11.3. The first-order chi connectivity index (χ1) is 8.28. The van der Waals surface area contributed by atoms with Crippen molar-refractivity contribution in [3.8, 4) is 0 Å². The summed E-state index contributed by atoms with van der Waals surface area (Å²) in [5, 5.41) is 4.21. The highest BCUT2D eigenvalue weighted by Gasteiger charge is 2.15. The molecule has 1 aromatic rings. The number of amides is 1. The SMILES string of the molecule is CC(C)n1cc(CNNC(=O)OC(C)(C)C)cn1. The van der Waals surface area contributed by atoms with Gasteiger partial charge in [-0.2, -0.15) is 5.10 Å². The molecule has 0 aliphatic rings. The van der Waals surface area contributed by atoms with Crippen molar-refractivity contribution in [1.82, 2.24) is 20.6 Å². The van der Waals surface area contributed by atoms with Crippen LogP contribution in [-0.4, -0.2) is 21.5 Å². The monoisotopic (exact) mass is 254 g/mol. The molecule has 6 nitrogen and oxygen atoms in total. The molecule has 0 saturated heterocycles. The zero-order valence-corrected chi connectivity index (χ0v) is 11.7. The van der Waals surface area contributed by atoms with Gasteiger partial charge in [-0.15, -0.1) is 0 Å². The summed E-state index contributed by atoms with van der Waals surface area (Å²) in [6.07, 6.45) is 3.22. The minimum atomic E-state index is -0.492. The first kappa shape index (κ1) is 14.5. The van der Waals surface area contributed by atoms with Gasteiger partial charge in [-0.1, -0.05) is 0 Å². The van der Waals surface area contributed by atoms with E-state index < -0.39 is 11.7 Å². The summed E-state index contributed by atoms with van der Waals surface area (Å²) in [6.45, 7) is 10.1. The lowest BCUT2D eigenvalue weighted by atomic mass is 10.2. The first-order valence-corrected chi connectivity index (χ1v) is 6.03. The van der Waals surface area contributed by atoms with Crippen LogP contribution < -0.4 is 10.9 Å². The van der Waals surface area contributed by atoms with Gasteiger partial charge in [-0.3, -0.25) is 10.1 Å². The van der Waals surface area contributed by atoms with Crippen molar-refractivity contribution < 1.29 is 9.53 Å². The highest BCUT2D eigenvalue weighted by molar-refractivity contribution is 5.66. The van der Waals surface area contributed by atoms with E-state index in [1.807, 2.05) is 31.6 Å². The van der Waals surface area contributed by atoms with E-state index in [-0.39, 0.29) is 0 Å². The molecule has 1 rings (SSSR count). The van der Waals surface area contributed by atoms with E-state index in [4.69, 9.17) is 4.74 Å². The summed E-state index contributed by atoms with van der Waals surface area (Å²) in [4.78, 5) is 11.3. The van der Waals surface area contributed by atoms with Crippen molar-refractivity contribution >= 4 is 6.09 Å². The number of rotatable bonds is 4. The molecule has 6 heteroatoms. The molecule has 0 bridgehead atoms. The Morgan fingerprint density at radius 2 is 2.17 bits per heavy atom. The van der Waals surface area contributed by atoms with Gasteiger partial charge < -0.3 is 4.74 Å². The van der Waals surface area contributed by atoms with Crippen LogP contribution in [0.3, 0.4) is 0 Å². The van der Waals surface area contributed by atoms with Gasteiger partial charge in [-0.25, -0.2) is 10.2 Å². The third-order valence-electron chi connectivity index (χ3n) is 2.07. The van der Waals surface area contributed by atoms with Gasteiger partial charge >= 0.3 is 6.09 Å². The molecule has 1 amide bonds. The molecule has 1 aromatic heterocycles. The van der Waals surface area contributed by atoms with Crippen LogP contribution in [0.5, 0.6) is 0 Å². The lowest BCUT2D eigenvalue weighted by Gasteiger charge is -2.19. The fourth-order valence-electron chi connectivity index (χ4n) is 1.27. The van der Waals surface area contributed by atoms with E-state index in [0.29, 0.717) is 12.6 Å². The van der Waals surface area contributed by atoms with E-state index in [1.54, 1.807) is 6.20 Å². The average molecular weight is 254 g/mol. The smallest absolute Gasteiger partial charge is 0.422 e. The van der Waals surface area contributed by atoms with Crippen molar-refractivity contribution in [2.24, 2.45) is 0 Å². The van der Waals surface area contributed by atoms with Crippen LogP contribution in [0.1, 0.15) is 46.2 Å². The van der Waals surface area contributed by atoms with Crippen molar-refractivity contribution in [3.05, 3.63) is 18.0 Å². The van der Waals surface area contributed by atoms with E-state index in [0.717, 1.165) is 5.56 Å². The molecule has 0 saturated carbocycles. The van der Waals surface area contributed by atoms with Gasteiger partial charge in [0, 0.05) is 24.3 Å². The number of ether oxygens (including phenoxy) is 1. The molecule has 18 heavy (non-hydrogen) atoms. The van der Waals surface area contributed by atoms with E-state index in [1.165, 1.54) is 0 Å². The zero-order valence-electron chi connectivity index (χ0n) is 11.7. The molecule has 0 atom stereocenters.